The van der Waals surface area contributed by atoms with E-state index in [0.717, 1.165) is 25.7 Å². The van der Waals surface area contributed by atoms with Crippen molar-refractivity contribution < 1.29 is 17.9 Å². The van der Waals surface area contributed by atoms with Crippen LogP contribution < -0.4 is 10.0 Å². The van der Waals surface area contributed by atoms with Gasteiger partial charge < -0.3 is 10.1 Å². The highest BCUT2D eigenvalue weighted by Crippen LogP contribution is 2.29. The van der Waals surface area contributed by atoms with Gasteiger partial charge in [-0.05, 0) is 39.5 Å². The standard InChI is InChI=1S/C12H23N3O4S/c1-8(2)19-12(16)14-20(17,18)15(3)11-6-9-4-5-10(7-11)13-9/h8-11,13H,4-7H2,1-3H3,(H,14,16). The van der Waals surface area contributed by atoms with Crippen LogP contribution in [0.3, 0.4) is 0 Å². The monoisotopic (exact) mass is 305 g/mol. The van der Waals surface area contributed by atoms with E-state index in [1.54, 1.807) is 13.8 Å². The van der Waals surface area contributed by atoms with Gasteiger partial charge in [0.05, 0.1) is 6.10 Å². The first-order valence-electron chi connectivity index (χ1n) is 7.00. The zero-order valence-electron chi connectivity index (χ0n) is 12.1. The maximum Gasteiger partial charge on any atom is 0.422 e. The van der Waals surface area contributed by atoms with Gasteiger partial charge in [-0.25, -0.2) is 9.52 Å². The molecule has 2 N–H and O–H groups in total. The average molecular weight is 305 g/mol. The molecule has 116 valence electrons. The van der Waals surface area contributed by atoms with Crippen LogP contribution in [0, 0.1) is 0 Å². The van der Waals surface area contributed by atoms with Crippen LogP contribution in [0.25, 0.3) is 0 Å². The van der Waals surface area contributed by atoms with Crippen LogP contribution in [0.1, 0.15) is 39.5 Å². The third-order valence-corrected chi connectivity index (χ3v) is 5.38. The molecule has 0 spiro atoms. The van der Waals surface area contributed by atoms with E-state index in [0.29, 0.717) is 12.1 Å². The number of ether oxygens (including phenoxy) is 1. The molecule has 2 unspecified atom stereocenters. The fourth-order valence-electron chi connectivity index (χ4n) is 2.94. The summed E-state index contributed by atoms with van der Waals surface area (Å²) in [7, 11) is -2.33. The Morgan fingerprint density at radius 2 is 1.85 bits per heavy atom. The number of nitrogens with one attached hydrogen (secondary N) is 2. The van der Waals surface area contributed by atoms with Crippen molar-refractivity contribution in [3.63, 3.8) is 0 Å². The third-order valence-electron chi connectivity index (χ3n) is 3.90. The summed E-state index contributed by atoms with van der Waals surface area (Å²) in [6.07, 6.45) is 2.48. The Labute approximate surface area is 120 Å². The summed E-state index contributed by atoms with van der Waals surface area (Å²) in [5.74, 6) is 0. The summed E-state index contributed by atoms with van der Waals surface area (Å²) < 4.78 is 32.3. The Morgan fingerprint density at radius 3 is 2.35 bits per heavy atom. The molecule has 7 nitrogen and oxygen atoms in total. The van der Waals surface area contributed by atoms with E-state index in [9.17, 15) is 13.2 Å². The van der Waals surface area contributed by atoms with Crippen LogP contribution in [0.2, 0.25) is 0 Å². The van der Waals surface area contributed by atoms with Gasteiger partial charge in [-0.15, -0.1) is 0 Å². The lowest BCUT2D eigenvalue weighted by Crippen LogP contribution is -2.52. The van der Waals surface area contributed by atoms with Gasteiger partial charge in [0.25, 0.3) is 0 Å². The molecule has 2 aliphatic heterocycles. The third kappa shape index (κ3) is 3.62. The predicted molar refractivity (Wildman–Crippen MR) is 74.4 cm³/mol. The molecule has 2 atom stereocenters. The Hall–Kier alpha value is -0.860. The molecule has 20 heavy (non-hydrogen) atoms. The highest BCUT2D eigenvalue weighted by molar-refractivity contribution is 7.87. The summed E-state index contributed by atoms with van der Waals surface area (Å²) in [6, 6.07) is 0.705. The minimum atomic E-state index is -3.84. The Bertz CT molecular complexity index is 453. The number of rotatable bonds is 4. The lowest BCUT2D eigenvalue weighted by atomic mass is 10.0. The highest BCUT2D eigenvalue weighted by atomic mass is 32.2. The van der Waals surface area contributed by atoms with Gasteiger partial charge in [-0.1, -0.05) is 0 Å². The van der Waals surface area contributed by atoms with Crippen molar-refractivity contribution in [3.05, 3.63) is 0 Å². The minimum absolute atomic E-state index is 0.0712. The number of nitrogens with zero attached hydrogens (tertiary/aromatic N) is 1. The maximum atomic E-state index is 12.1. The van der Waals surface area contributed by atoms with E-state index in [-0.39, 0.29) is 12.1 Å². The number of amides is 1. The Morgan fingerprint density at radius 1 is 1.30 bits per heavy atom. The molecule has 2 heterocycles. The smallest absolute Gasteiger partial charge is 0.422 e. The summed E-state index contributed by atoms with van der Waals surface area (Å²) in [5, 5.41) is 3.46. The van der Waals surface area contributed by atoms with Crippen LogP contribution in [0.5, 0.6) is 0 Å². The first kappa shape index (κ1) is 15.5. The Balaban J connectivity index is 1.96. The number of hydrogen-bond acceptors (Lipinski definition) is 5. The predicted octanol–water partition coefficient (Wildman–Crippen LogP) is 0.581. The molecule has 2 aliphatic rings. The van der Waals surface area contributed by atoms with Crippen molar-refractivity contribution in [2.45, 2.75) is 63.8 Å². The summed E-state index contributed by atoms with van der Waals surface area (Å²) >= 11 is 0. The second-order valence-corrected chi connectivity index (χ2v) is 7.57. The van der Waals surface area contributed by atoms with Gasteiger partial charge in [0.2, 0.25) is 0 Å². The molecular weight excluding hydrogens is 282 g/mol. The van der Waals surface area contributed by atoms with Gasteiger partial charge in [-0.3, -0.25) is 0 Å². The molecule has 0 aromatic rings. The first-order chi connectivity index (χ1) is 9.28. The van der Waals surface area contributed by atoms with Crippen molar-refractivity contribution in [3.8, 4) is 0 Å². The summed E-state index contributed by atoms with van der Waals surface area (Å²) in [4.78, 5) is 11.4. The number of hydrogen-bond donors (Lipinski definition) is 2. The molecule has 0 aromatic heterocycles. The van der Waals surface area contributed by atoms with Crippen molar-refractivity contribution in [2.75, 3.05) is 7.05 Å². The van der Waals surface area contributed by atoms with Crippen molar-refractivity contribution in [1.29, 1.82) is 0 Å². The molecular formula is C12H23N3O4S. The molecule has 2 saturated heterocycles. The molecule has 0 saturated carbocycles. The molecule has 2 bridgehead atoms. The fourth-order valence-corrected chi connectivity index (χ4v) is 3.90. The van der Waals surface area contributed by atoms with Crippen molar-refractivity contribution >= 4 is 16.3 Å². The molecule has 2 fully saturated rings. The SMILES string of the molecule is CC(C)OC(=O)NS(=O)(=O)N(C)C1CC2CCC(C1)N2. The molecule has 8 heteroatoms. The topological polar surface area (TPSA) is 87.7 Å². The van der Waals surface area contributed by atoms with Crippen LogP contribution in [-0.2, 0) is 14.9 Å². The quantitative estimate of drug-likeness (QED) is 0.793. The fraction of sp³-hybridized carbons (Fsp3) is 0.917. The van der Waals surface area contributed by atoms with E-state index in [2.05, 4.69) is 5.32 Å². The zero-order chi connectivity index (χ0) is 14.9. The normalized spacial score (nSPS) is 29.8. The van der Waals surface area contributed by atoms with Gasteiger partial charge >= 0.3 is 16.3 Å². The molecule has 0 radical (unpaired) electrons. The molecule has 0 aliphatic carbocycles. The zero-order valence-corrected chi connectivity index (χ0v) is 12.9. The largest absolute Gasteiger partial charge is 0.446 e. The summed E-state index contributed by atoms with van der Waals surface area (Å²) in [6.45, 7) is 3.33. The molecule has 1 amide bonds. The minimum Gasteiger partial charge on any atom is -0.446 e. The van der Waals surface area contributed by atoms with Gasteiger partial charge in [0.1, 0.15) is 0 Å². The van der Waals surface area contributed by atoms with E-state index in [1.165, 1.54) is 11.4 Å². The van der Waals surface area contributed by atoms with Crippen molar-refractivity contribution in [2.24, 2.45) is 0 Å². The lowest BCUT2D eigenvalue weighted by molar-refractivity contribution is 0.120. The number of piperidine rings is 1. The van der Waals surface area contributed by atoms with E-state index in [1.807, 2.05) is 4.72 Å². The lowest BCUT2D eigenvalue weighted by Gasteiger charge is -2.34. The van der Waals surface area contributed by atoms with E-state index >= 15 is 0 Å². The van der Waals surface area contributed by atoms with E-state index in [4.69, 9.17) is 4.74 Å². The average Bonchev–Trinajstić information content (AvgIpc) is 2.65. The van der Waals surface area contributed by atoms with Crippen LogP contribution in [-0.4, -0.2) is 50.1 Å². The number of fused-ring (bicyclic) bond motifs is 2. The Kier molecular flexibility index (Phi) is 4.55. The van der Waals surface area contributed by atoms with Crippen molar-refractivity contribution in [1.82, 2.24) is 14.3 Å². The number of carbonyl (C=O) groups is 1. The summed E-state index contributed by atoms with van der Waals surface area (Å²) in [5.41, 5.74) is 0. The van der Waals surface area contributed by atoms with Gasteiger partial charge in [0, 0.05) is 25.2 Å². The van der Waals surface area contributed by atoms with Crippen LogP contribution in [0.15, 0.2) is 0 Å². The molecule has 2 rings (SSSR count). The highest BCUT2D eigenvalue weighted by Gasteiger charge is 2.38. The van der Waals surface area contributed by atoms with E-state index < -0.39 is 16.3 Å². The second kappa shape index (κ2) is 5.87. The van der Waals surface area contributed by atoms with Gasteiger partial charge in [-0.2, -0.15) is 12.7 Å². The first-order valence-corrected chi connectivity index (χ1v) is 8.44. The van der Waals surface area contributed by atoms with Crippen LogP contribution in [0.4, 0.5) is 4.79 Å². The van der Waals surface area contributed by atoms with Gasteiger partial charge in [0.15, 0.2) is 0 Å². The molecule has 0 aromatic carbocycles. The second-order valence-electron chi connectivity index (χ2n) is 5.84. The number of carbonyl (C=O) groups excluding carboxylic acids is 1. The maximum absolute atomic E-state index is 12.1. The van der Waals surface area contributed by atoms with Crippen LogP contribution >= 0.6 is 0 Å².